The van der Waals surface area contributed by atoms with Crippen LogP contribution in [0.5, 0.6) is 0 Å². The minimum Gasteiger partial charge on any atom is -0.377 e. The summed E-state index contributed by atoms with van der Waals surface area (Å²) in [6, 6.07) is 3.48. The maximum atomic E-state index is 12.6. The molecule has 19 heavy (non-hydrogen) atoms. The Hall–Kier alpha value is -0.430. The normalized spacial score (nSPS) is 33.2. The summed E-state index contributed by atoms with van der Waals surface area (Å²) in [7, 11) is -1.66. The fourth-order valence-electron chi connectivity index (χ4n) is 3.74. The number of hydrogen-bond donors (Lipinski definition) is 0. The minimum absolute atomic E-state index is 0.0344. The Kier molecular flexibility index (Phi) is 3.05. The third-order valence-corrected chi connectivity index (χ3v) is 7.77. The van der Waals surface area contributed by atoms with Crippen LogP contribution in [0, 0.1) is 11.3 Å². The molecular formula is C13H19NO3S2. The lowest BCUT2D eigenvalue weighted by Gasteiger charge is -2.57. The summed E-state index contributed by atoms with van der Waals surface area (Å²) in [6.07, 6.45) is 1.17. The van der Waals surface area contributed by atoms with Gasteiger partial charge in [-0.25, -0.2) is 8.42 Å². The molecule has 6 heteroatoms. The number of rotatable bonds is 3. The Bertz CT molecular complexity index is 565. The van der Waals surface area contributed by atoms with Gasteiger partial charge in [-0.05, 0) is 17.9 Å². The van der Waals surface area contributed by atoms with Crippen LogP contribution in [0.3, 0.4) is 0 Å². The molecule has 0 spiro atoms. The molecule has 0 bridgehead atoms. The number of ether oxygens (including phenoxy) is 1. The quantitative estimate of drug-likeness (QED) is 0.859. The van der Waals surface area contributed by atoms with E-state index in [1.807, 2.05) is 0 Å². The van der Waals surface area contributed by atoms with Gasteiger partial charge in [0.2, 0.25) is 0 Å². The second-order valence-corrected chi connectivity index (χ2v) is 9.14. The Balaban J connectivity index is 1.91. The highest BCUT2D eigenvalue weighted by atomic mass is 32.2. The van der Waals surface area contributed by atoms with Crippen molar-refractivity contribution in [1.82, 2.24) is 4.31 Å². The maximum absolute atomic E-state index is 12.6. The fourth-order valence-corrected chi connectivity index (χ4v) is 6.45. The highest BCUT2D eigenvalue weighted by Gasteiger charge is 2.62. The van der Waals surface area contributed by atoms with Crippen LogP contribution in [0.15, 0.2) is 21.7 Å². The zero-order valence-corrected chi connectivity index (χ0v) is 13.0. The van der Waals surface area contributed by atoms with Gasteiger partial charge in [0.15, 0.2) is 0 Å². The molecule has 2 aliphatic rings. The van der Waals surface area contributed by atoms with Crippen LogP contribution in [0.1, 0.15) is 20.3 Å². The molecule has 1 saturated carbocycles. The van der Waals surface area contributed by atoms with Gasteiger partial charge in [0.25, 0.3) is 10.0 Å². The zero-order chi connectivity index (χ0) is 13.8. The van der Waals surface area contributed by atoms with Gasteiger partial charge in [-0.3, -0.25) is 0 Å². The van der Waals surface area contributed by atoms with Crippen molar-refractivity contribution < 1.29 is 13.2 Å². The topological polar surface area (TPSA) is 46.6 Å². The highest BCUT2D eigenvalue weighted by molar-refractivity contribution is 7.91. The molecule has 0 amide bonds. The predicted octanol–water partition coefficient (Wildman–Crippen LogP) is 2.18. The van der Waals surface area contributed by atoms with Crippen molar-refractivity contribution in [1.29, 1.82) is 0 Å². The van der Waals surface area contributed by atoms with Gasteiger partial charge in [0, 0.05) is 31.0 Å². The largest absolute Gasteiger partial charge is 0.377 e. The summed E-state index contributed by atoms with van der Waals surface area (Å²) in [5.74, 6) is 0.342. The van der Waals surface area contributed by atoms with E-state index in [-0.39, 0.29) is 17.6 Å². The average Bonchev–Trinajstić information content (AvgIpc) is 2.98. The summed E-state index contributed by atoms with van der Waals surface area (Å²) in [5, 5.41) is 1.80. The third kappa shape index (κ3) is 1.81. The Morgan fingerprint density at radius 3 is 2.84 bits per heavy atom. The average molecular weight is 301 g/mol. The van der Waals surface area contributed by atoms with Crippen molar-refractivity contribution in [2.75, 3.05) is 13.7 Å². The van der Waals surface area contributed by atoms with Crippen LogP contribution in [0.2, 0.25) is 0 Å². The molecule has 1 aliphatic heterocycles. The first-order valence-electron chi connectivity index (χ1n) is 6.50. The van der Waals surface area contributed by atoms with Gasteiger partial charge < -0.3 is 4.74 Å². The van der Waals surface area contributed by atoms with Crippen molar-refractivity contribution in [3.05, 3.63) is 17.5 Å². The molecule has 1 aliphatic carbocycles. The Morgan fingerprint density at radius 1 is 1.47 bits per heavy atom. The lowest BCUT2D eigenvalue weighted by Crippen LogP contribution is -2.66. The third-order valence-electron chi connectivity index (χ3n) is 4.56. The summed E-state index contributed by atoms with van der Waals surface area (Å²) in [5.41, 5.74) is -0.111. The molecule has 0 unspecified atom stereocenters. The molecule has 3 rings (SSSR count). The molecule has 3 atom stereocenters. The maximum Gasteiger partial charge on any atom is 0.252 e. The molecule has 2 fully saturated rings. The van der Waals surface area contributed by atoms with E-state index in [9.17, 15) is 8.42 Å². The summed E-state index contributed by atoms with van der Waals surface area (Å²) >= 11 is 1.27. The van der Waals surface area contributed by atoms with Crippen LogP contribution in [-0.2, 0) is 14.8 Å². The Morgan fingerprint density at radius 2 is 2.21 bits per heavy atom. The van der Waals surface area contributed by atoms with Crippen molar-refractivity contribution >= 4 is 21.4 Å². The van der Waals surface area contributed by atoms with Gasteiger partial charge >= 0.3 is 0 Å². The molecule has 4 nitrogen and oxygen atoms in total. The van der Waals surface area contributed by atoms with E-state index in [0.717, 1.165) is 13.0 Å². The lowest BCUT2D eigenvalue weighted by molar-refractivity contribution is -0.131. The second kappa shape index (κ2) is 4.28. The van der Waals surface area contributed by atoms with Crippen molar-refractivity contribution in [3.63, 3.8) is 0 Å². The molecule has 1 aromatic heterocycles. The van der Waals surface area contributed by atoms with Gasteiger partial charge in [-0.1, -0.05) is 19.9 Å². The van der Waals surface area contributed by atoms with Crippen LogP contribution in [0.4, 0.5) is 0 Å². The summed E-state index contributed by atoms with van der Waals surface area (Å²) < 4.78 is 32.9. The van der Waals surface area contributed by atoms with Crippen LogP contribution in [0.25, 0.3) is 0 Å². The first-order chi connectivity index (χ1) is 8.87. The van der Waals surface area contributed by atoms with Crippen molar-refractivity contribution in [2.45, 2.75) is 36.6 Å². The van der Waals surface area contributed by atoms with E-state index < -0.39 is 10.0 Å². The van der Waals surface area contributed by atoms with Gasteiger partial charge in [0.05, 0.1) is 6.10 Å². The van der Waals surface area contributed by atoms with E-state index in [2.05, 4.69) is 13.8 Å². The molecular weight excluding hydrogens is 282 g/mol. The number of thiophene rings is 1. The first-order valence-corrected chi connectivity index (χ1v) is 8.82. The van der Waals surface area contributed by atoms with E-state index in [0.29, 0.717) is 10.1 Å². The van der Waals surface area contributed by atoms with Gasteiger partial charge in [-0.15, -0.1) is 11.3 Å². The standard InChI is InChI=1S/C13H19NO3S2/c1-13(2)11(9-6-7-17-12(9)13)14(3)19(15,16)10-5-4-8-18-10/h4-5,8-9,11-12H,6-7H2,1-3H3/t9-,11-,12-/m0/s1. The van der Waals surface area contributed by atoms with Gasteiger partial charge in [0.1, 0.15) is 4.21 Å². The monoisotopic (exact) mass is 301 g/mol. The van der Waals surface area contributed by atoms with Crippen LogP contribution < -0.4 is 0 Å². The SMILES string of the molecule is CN([C@H]1[C@@H]2CCO[C@@H]2C1(C)C)S(=O)(=O)c1cccs1. The molecule has 1 saturated heterocycles. The van der Waals surface area contributed by atoms with Crippen molar-refractivity contribution in [2.24, 2.45) is 11.3 Å². The number of fused-ring (bicyclic) bond motifs is 1. The molecule has 1 aromatic rings. The lowest BCUT2D eigenvalue weighted by atomic mass is 9.57. The molecule has 0 radical (unpaired) electrons. The molecule has 106 valence electrons. The Labute approximate surface area is 118 Å². The number of sulfonamides is 1. The molecule has 0 N–H and O–H groups in total. The van der Waals surface area contributed by atoms with E-state index in [1.54, 1.807) is 28.9 Å². The van der Waals surface area contributed by atoms with E-state index in [4.69, 9.17) is 4.74 Å². The van der Waals surface area contributed by atoms with Crippen LogP contribution >= 0.6 is 11.3 Å². The van der Waals surface area contributed by atoms with E-state index >= 15 is 0 Å². The van der Waals surface area contributed by atoms with E-state index in [1.165, 1.54) is 11.3 Å². The number of nitrogens with zero attached hydrogens (tertiary/aromatic N) is 1. The smallest absolute Gasteiger partial charge is 0.252 e. The summed E-state index contributed by atoms with van der Waals surface area (Å²) in [6.45, 7) is 4.96. The number of hydrogen-bond acceptors (Lipinski definition) is 4. The highest BCUT2D eigenvalue weighted by Crippen LogP contribution is 2.55. The first kappa shape index (κ1) is 13.5. The second-order valence-electron chi connectivity index (χ2n) is 5.96. The molecule has 2 heterocycles. The minimum atomic E-state index is -3.37. The van der Waals surface area contributed by atoms with Gasteiger partial charge in [-0.2, -0.15) is 4.31 Å². The van der Waals surface area contributed by atoms with Crippen molar-refractivity contribution in [3.8, 4) is 0 Å². The summed E-state index contributed by atoms with van der Waals surface area (Å²) in [4.78, 5) is 0. The predicted molar refractivity (Wildman–Crippen MR) is 74.7 cm³/mol. The zero-order valence-electron chi connectivity index (χ0n) is 11.4. The molecule has 0 aromatic carbocycles. The van der Waals surface area contributed by atoms with Crippen LogP contribution in [-0.4, -0.2) is 38.5 Å². The fraction of sp³-hybridized carbons (Fsp3) is 0.692.